The van der Waals surface area contributed by atoms with Gasteiger partial charge < -0.3 is 5.32 Å². The number of piperidine rings is 1. The standard InChI is InChI=1S/C12H16F2N2O2S.ClH/c1-15-9-5-7-16(8-6-9)19(17,18)12-10(13)3-2-4-11(12)14;/h2-4,9,15H,5-8H2,1H3;1H. The van der Waals surface area contributed by atoms with Crippen molar-refractivity contribution in [1.82, 2.24) is 9.62 Å². The van der Waals surface area contributed by atoms with Gasteiger partial charge in [0.2, 0.25) is 10.0 Å². The lowest BCUT2D eigenvalue weighted by molar-refractivity contribution is 0.296. The van der Waals surface area contributed by atoms with Crippen LogP contribution in [0.3, 0.4) is 0 Å². The number of hydrogen-bond acceptors (Lipinski definition) is 3. The van der Waals surface area contributed by atoms with Crippen LogP contribution in [0.25, 0.3) is 0 Å². The molecule has 1 aliphatic heterocycles. The minimum atomic E-state index is -4.10. The Morgan fingerprint density at radius 3 is 2.15 bits per heavy atom. The van der Waals surface area contributed by atoms with E-state index in [0.717, 1.165) is 22.5 Å². The molecule has 0 bridgehead atoms. The van der Waals surface area contributed by atoms with Gasteiger partial charge in [0.1, 0.15) is 11.6 Å². The summed E-state index contributed by atoms with van der Waals surface area (Å²) < 4.78 is 52.8. The topological polar surface area (TPSA) is 49.4 Å². The van der Waals surface area contributed by atoms with Crippen molar-refractivity contribution in [3.05, 3.63) is 29.8 Å². The Morgan fingerprint density at radius 2 is 1.70 bits per heavy atom. The highest BCUT2D eigenvalue weighted by atomic mass is 35.5. The summed E-state index contributed by atoms with van der Waals surface area (Å²) in [5.74, 6) is -2.09. The van der Waals surface area contributed by atoms with Gasteiger partial charge in [-0.3, -0.25) is 0 Å². The first-order chi connectivity index (χ1) is 8.96. The smallest absolute Gasteiger partial charge is 0.248 e. The molecule has 0 atom stereocenters. The van der Waals surface area contributed by atoms with Gasteiger partial charge in [0.25, 0.3) is 0 Å². The van der Waals surface area contributed by atoms with E-state index < -0.39 is 26.6 Å². The molecule has 0 aliphatic carbocycles. The minimum Gasteiger partial charge on any atom is -0.317 e. The van der Waals surface area contributed by atoms with Crippen molar-refractivity contribution < 1.29 is 17.2 Å². The first kappa shape index (κ1) is 17.3. The van der Waals surface area contributed by atoms with Crippen molar-refractivity contribution in [1.29, 1.82) is 0 Å². The van der Waals surface area contributed by atoms with Crippen LogP contribution in [0.15, 0.2) is 23.1 Å². The lowest BCUT2D eigenvalue weighted by Gasteiger charge is -2.31. The van der Waals surface area contributed by atoms with Gasteiger partial charge in [-0.1, -0.05) is 6.07 Å². The van der Waals surface area contributed by atoms with Crippen molar-refractivity contribution in [2.45, 2.75) is 23.8 Å². The molecule has 1 fully saturated rings. The fourth-order valence-corrected chi connectivity index (χ4v) is 3.82. The summed E-state index contributed by atoms with van der Waals surface area (Å²) in [5.41, 5.74) is 0. The Kier molecular flexibility index (Phi) is 5.88. The molecule has 2 rings (SSSR count). The van der Waals surface area contributed by atoms with E-state index in [-0.39, 0.29) is 31.5 Å². The van der Waals surface area contributed by atoms with Crippen molar-refractivity contribution in [3.8, 4) is 0 Å². The number of rotatable bonds is 3. The molecule has 0 spiro atoms. The van der Waals surface area contributed by atoms with Gasteiger partial charge in [-0.2, -0.15) is 4.31 Å². The molecule has 0 saturated carbocycles. The Labute approximate surface area is 123 Å². The Morgan fingerprint density at radius 1 is 1.20 bits per heavy atom. The van der Waals surface area contributed by atoms with Crippen LogP contribution in [-0.4, -0.2) is 38.9 Å². The van der Waals surface area contributed by atoms with Gasteiger partial charge in [-0.05, 0) is 32.0 Å². The second-order valence-corrected chi connectivity index (χ2v) is 6.39. The van der Waals surface area contributed by atoms with E-state index in [1.807, 2.05) is 7.05 Å². The van der Waals surface area contributed by atoms with E-state index in [0.29, 0.717) is 12.8 Å². The highest BCUT2D eigenvalue weighted by Gasteiger charge is 2.33. The number of halogens is 3. The van der Waals surface area contributed by atoms with Gasteiger partial charge in [0.15, 0.2) is 4.90 Å². The van der Waals surface area contributed by atoms with Gasteiger partial charge in [0.05, 0.1) is 0 Å². The van der Waals surface area contributed by atoms with Crippen LogP contribution in [0.5, 0.6) is 0 Å². The zero-order valence-corrected chi connectivity index (χ0v) is 12.6. The minimum absolute atomic E-state index is 0. The van der Waals surface area contributed by atoms with Gasteiger partial charge in [-0.15, -0.1) is 12.4 Å². The van der Waals surface area contributed by atoms with E-state index in [1.165, 1.54) is 0 Å². The number of nitrogens with one attached hydrogen (secondary N) is 1. The lowest BCUT2D eigenvalue weighted by Crippen LogP contribution is -2.44. The third-order valence-corrected chi connectivity index (χ3v) is 5.33. The molecule has 1 aliphatic rings. The summed E-state index contributed by atoms with van der Waals surface area (Å²) in [7, 11) is -2.29. The molecule has 0 aromatic heterocycles. The lowest BCUT2D eigenvalue weighted by atomic mass is 10.1. The van der Waals surface area contributed by atoms with E-state index in [4.69, 9.17) is 0 Å². The number of nitrogens with zero attached hydrogens (tertiary/aromatic N) is 1. The summed E-state index contributed by atoms with van der Waals surface area (Å²) >= 11 is 0. The molecular weight excluding hydrogens is 310 g/mol. The van der Waals surface area contributed by atoms with Gasteiger partial charge >= 0.3 is 0 Å². The average Bonchev–Trinajstić information content (AvgIpc) is 2.38. The first-order valence-corrected chi connectivity index (χ1v) is 7.52. The highest BCUT2D eigenvalue weighted by Crippen LogP contribution is 2.25. The molecule has 0 amide bonds. The maximum Gasteiger partial charge on any atom is 0.248 e. The van der Waals surface area contributed by atoms with Gasteiger partial charge in [-0.25, -0.2) is 17.2 Å². The molecule has 114 valence electrons. The SMILES string of the molecule is CNC1CCN(S(=O)(=O)c2c(F)cccc2F)CC1.Cl. The molecule has 20 heavy (non-hydrogen) atoms. The van der Waals surface area contributed by atoms with E-state index in [1.54, 1.807) is 0 Å². The van der Waals surface area contributed by atoms with Gasteiger partial charge in [0, 0.05) is 19.1 Å². The Balaban J connectivity index is 0.00000200. The molecule has 1 saturated heterocycles. The van der Waals surface area contributed by atoms with Crippen molar-refractivity contribution in [3.63, 3.8) is 0 Å². The zero-order chi connectivity index (χ0) is 14.0. The average molecular weight is 327 g/mol. The number of benzene rings is 1. The van der Waals surface area contributed by atoms with Crippen LogP contribution >= 0.6 is 12.4 Å². The molecule has 1 aromatic rings. The van der Waals surface area contributed by atoms with Crippen molar-refractivity contribution >= 4 is 22.4 Å². The summed E-state index contributed by atoms with van der Waals surface area (Å²) in [6.45, 7) is 0.531. The van der Waals surface area contributed by atoms with Crippen LogP contribution in [-0.2, 0) is 10.0 Å². The molecule has 1 heterocycles. The maximum absolute atomic E-state index is 13.6. The molecule has 1 N–H and O–H groups in total. The second kappa shape index (κ2) is 6.80. The summed E-state index contributed by atoms with van der Waals surface area (Å²) in [6.07, 6.45) is 1.26. The summed E-state index contributed by atoms with van der Waals surface area (Å²) in [5, 5.41) is 3.07. The Bertz CT molecular complexity index is 540. The molecule has 0 radical (unpaired) electrons. The summed E-state index contributed by atoms with van der Waals surface area (Å²) in [4.78, 5) is -0.849. The van der Waals surface area contributed by atoms with Crippen molar-refractivity contribution in [2.24, 2.45) is 0 Å². The van der Waals surface area contributed by atoms with E-state index >= 15 is 0 Å². The first-order valence-electron chi connectivity index (χ1n) is 6.08. The fourth-order valence-electron chi connectivity index (χ4n) is 2.24. The molecule has 1 aromatic carbocycles. The highest BCUT2D eigenvalue weighted by molar-refractivity contribution is 7.89. The third-order valence-electron chi connectivity index (χ3n) is 3.38. The van der Waals surface area contributed by atoms with E-state index in [2.05, 4.69) is 5.32 Å². The predicted octanol–water partition coefficient (Wildman–Crippen LogP) is 1.76. The van der Waals surface area contributed by atoms with Crippen molar-refractivity contribution in [2.75, 3.05) is 20.1 Å². The largest absolute Gasteiger partial charge is 0.317 e. The number of hydrogen-bond donors (Lipinski definition) is 1. The summed E-state index contributed by atoms with van der Waals surface area (Å²) in [6, 6.07) is 3.31. The predicted molar refractivity (Wildman–Crippen MR) is 74.4 cm³/mol. The molecular formula is C12H17ClF2N2O2S. The fraction of sp³-hybridized carbons (Fsp3) is 0.500. The third kappa shape index (κ3) is 3.28. The molecule has 4 nitrogen and oxygen atoms in total. The maximum atomic E-state index is 13.6. The molecule has 0 unspecified atom stereocenters. The number of sulfonamides is 1. The van der Waals surface area contributed by atoms with Crippen LogP contribution < -0.4 is 5.32 Å². The Hall–Kier alpha value is -0.760. The molecule has 8 heteroatoms. The van der Waals surface area contributed by atoms with Crippen LogP contribution in [0.2, 0.25) is 0 Å². The zero-order valence-electron chi connectivity index (χ0n) is 11.0. The van der Waals surface area contributed by atoms with Crippen LogP contribution in [0, 0.1) is 11.6 Å². The monoisotopic (exact) mass is 326 g/mol. The normalized spacial score (nSPS) is 17.8. The van der Waals surface area contributed by atoms with Crippen LogP contribution in [0.1, 0.15) is 12.8 Å². The van der Waals surface area contributed by atoms with Crippen LogP contribution in [0.4, 0.5) is 8.78 Å². The second-order valence-electron chi connectivity index (χ2n) is 4.52. The van der Waals surface area contributed by atoms with E-state index in [9.17, 15) is 17.2 Å². The quantitative estimate of drug-likeness (QED) is 0.921.